The summed E-state index contributed by atoms with van der Waals surface area (Å²) in [5, 5.41) is 0.227. The first-order chi connectivity index (χ1) is 8.56. The zero-order valence-corrected chi connectivity index (χ0v) is 12.1. The molecule has 1 aliphatic rings. The van der Waals surface area contributed by atoms with Gasteiger partial charge >= 0.3 is 0 Å². The minimum atomic E-state index is 0.0907. The van der Waals surface area contributed by atoms with Gasteiger partial charge in [-0.1, -0.05) is 11.8 Å². The minimum absolute atomic E-state index is 0.0907. The lowest BCUT2D eigenvalue weighted by molar-refractivity contribution is -0.127. The van der Waals surface area contributed by atoms with E-state index in [0.29, 0.717) is 13.0 Å². The van der Waals surface area contributed by atoms with Crippen LogP contribution in [0.15, 0.2) is 5.51 Å². The van der Waals surface area contributed by atoms with Gasteiger partial charge < -0.3 is 4.90 Å². The van der Waals surface area contributed by atoms with Gasteiger partial charge in [0.15, 0.2) is 5.12 Å². The summed E-state index contributed by atoms with van der Waals surface area (Å²) in [5.74, 6) is 0.163. The Morgan fingerprint density at radius 3 is 3.06 bits per heavy atom. The molecule has 4 nitrogen and oxygen atoms in total. The number of aryl methyl sites for hydroxylation is 1. The highest BCUT2D eigenvalue weighted by atomic mass is 32.2. The van der Waals surface area contributed by atoms with Crippen molar-refractivity contribution < 1.29 is 9.59 Å². The minimum Gasteiger partial charge on any atom is -0.341 e. The number of carbonyl (C=O) groups is 2. The highest BCUT2D eigenvalue weighted by Crippen LogP contribution is 2.24. The summed E-state index contributed by atoms with van der Waals surface area (Å²) < 4.78 is 0. The van der Waals surface area contributed by atoms with Crippen molar-refractivity contribution in [2.75, 3.05) is 13.1 Å². The molecule has 1 unspecified atom stereocenters. The number of thioether (sulfide) groups is 1. The molecule has 0 N–H and O–H groups in total. The van der Waals surface area contributed by atoms with Crippen molar-refractivity contribution in [2.45, 2.75) is 31.9 Å². The molecule has 2 rings (SSSR count). The molecule has 0 aromatic carbocycles. The normalized spacial score (nSPS) is 19.6. The molecule has 0 aliphatic carbocycles. The van der Waals surface area contributed by atoms with Gasteiger partial charge in [-0.05, 0) is 6.92 Å². The zero-order chi connectivity index (χ0) is 13.1. The van der Waals surface area contributed by atoms with Crippen LogP contribution in [0.3, 0.4) is 0 Å². The molecule has 0 spiro atoms. The van der Waals surface area contributed by atoms with Crippen LogP contribution in [0.1, 0.15) is 23.9 Å². The van der Waals surface area contributed by atoms with Gasteiger partial charge in [-0.3, -0.25) is 9.59 Å². The van der Waals surface area contributed by atoms with Crippen molar-refractivity contribution in [3.05, 3.63) is 16.1 Å². The topological polar surface area (TPSA) is 50.3 Å². The summed E-state index contributed by atoms with van der Waals surface area (Å²) >= 11 is 2.92. The lowest BCUT2D eigenvalue weighted by Crippen LogP contribution is -2.27. The standard InChI is InChI=1S/C12H16N2O2S2/c1-8-11(17-7-13-8)3-4-14-6-10(5-12(14)16)18-9(2)15/h7,10H,3-6H2,1-2H3. The van der Waals surface area contributed by atoms with Gasteiger partial charge in [-0.15, -0.1) is 11.3 Å². The van der Waals surface area contributed by atoms with Crippen molar-refractivity contribution in [3.8, 4) is 0 Å². The Morgan fingerprint density at radius 1 is 1.67 bits per heavy atom. The molecule has 6 heteroatoms. The Bertz CT molecular complexity index is 459. The van der Waals surface area contributed by atoms with E-state index >= 15 is 0 Å². The molecule has 2 heterocycles. The predicted octanol–water partition coefficient (Wildman–Crippen LogP) is 1.87. The van der Waals surface area contributed by atoms with Gasteiger partial charge in [0.05, 0.1) is 11.2 Å². The van der Waals surface area contributed by atoms with Crippen LogP contribution < -0.4 is 0 Å². The average molecular weight is 284 g/mol. The molecular formula is C12H16N2O2S2. The quantitative estimate of drug-likeness (QED) is 0.847. The molecule has 1 aromatic rings. The fraction of sp³-hybridized carbons (Fsp3) is 0.583. The SMILES string of the molecule is CC(=O)SC1CC(=O)N(CCc2scnc2C)C1. The molecule has 1 aliphatic heterocycles. The Morgan fingerprint density at radius 2 is 2.44 bits per heavy atom. The maximum Gasteiger partial charge on any atom is 0.223 e. The maximum absolute atomic E-state index is 11.8. The first kappa shape index (κ1) is 13.5. The van der Waals surface area contributed by atoms with E-state index in [9.17, 15) is 9.59 Å². The lowest BCUT2D eigenvalue weighted by atomic mass is 10.3. The van der Waals surface area contributed by atoms with Crippen LogP contribution in [0.5, 0.6) is 0 Å². The van der Waals surface area contributed by atoms with E-state index in [0.717, 1.165) is 18.7 Å². The number of thiazole rings is 1. The summed E-state index contributed by atoms with van der Waals surface area (Å²) in [4.78, 5) is 30.1. The molecule has 98 valence electrons. The van der Waals surface area contributed by atoms with Gasteiger partial charge in [-0.2, -0.15) is 0 Å². The summed E-state index contributed by atoms with van der Waals surface area (Å²) in [7, 11) is 0. The molecule has 0 radical (unpaired) electrons. The second-order valence-corrected chi connectivity index (χ2v) is 6.80. The highest BCUT2D eigenvalue weighted by molar-refractivity contribution is 8.14. The van der Waals surface area contributed by atoms with Crippen LogP contribution in [0.4, 0.5) is 0 Å². The van der Waals surface area contributed by atoms with E-state index in [-0.39, 0.29) is 16.3 Å². The number of hydrogen-bond acceptors (Lipinski definition) is 5. The van der Waals surface area contributed by atoms with Crippen LogP contribution in [0, 0.1) is 6.92 Å². The third-order valence-electron chi connectivity index (χ3n) is 2.97. The molecule has 1 amide bonds. The fourth-order valence-corrected chi connectivity index (χ4v) is 3.79. The van der Waals surface area contributed by atoms with Gasteiger partial charge in [0, 0.05) is 43.0 Å². The van der Waals surface area contributed by atoms with E-state index in [2.05, 4.69) is 4.98 Å². The van der Waals surface area contributed by atoms with Gasteiger partial charge in [0.25, 0.3) is 0 Å². The van der Waals surface area contributed by atoms with E-state index < -0.39 is 0 Å². The molecular weight excluding hydrogens is 268 g/mol. The summed E-state index contributed by atoms with van der Waals surface area (Å²) in [6, 6.07) is 0. The van der Waals surface area contributed by atoms with Crippen molar-refractivity contribution in [1.82, 2.24) is 9.88 Å². The number of carbonyl (C=O) groups excluding carboxylic acids is 2. The second-order valence-electron chi connectivity index (χ2n) is 4.39. The number of aromatic nitrogens is 1. The van der Waals surface area contributed by atoms with E-state index in [1.807, 2.05) is 17.3 Å². The van der Waals surface area contributed by atoms with Gasteiger partial charge in [0.2, 0.25) is 5.91 Å². The van der Waals surface area contributed by atoms with E-state index in [1.165, 1.54) is 16.6 Å². The number of amides is 1. The van der Waals surface area contributed by atoms with Crippen LogP contribution in [0.25, 0.3) is 0 Å². The fourth-order valence-electron chi connectivity index (χ4n) is 2.07. The second kappa shape index (κ2) is 5.84. The lowest BCUT2D eigenvalue weighted by Gasteiger charge is -2.15. The first-order valence-corrected chi connectivity index (χ1v) is 7.66. The molecule has 0 saturated carbocycles. The number of rotatable bonds is 4. The Hall–Kier alpha value is -0.880. The third kappa shape index (κ3) is 3.32. The molecule has 18 heavy (non-hydrogen) atoms. The Labute approximate surface area is 115 Å². The number of likely N-dealkylation sites (tertiary alicyclic amines) is 1. The summed E-state index contributed by atoms with van der Waals surface area (Å²) in [6.07, 6.45) is 1.35. The molecule has 0 bridgehead atoms. The van der Waals surface area contributed by atoms with Crippen molar-refractivity contribution >= 4 is 34.1 Å². The van der Waals surface area contributed by atoms with Crippen molar-refractivity contribution in [3.63, 3.8) is 0 Å². The largest absolute Gasteiger partial charge is 0.341 e. The molecule has 1 saturated heterocycles. The van der Waals surface area contributed by atoms with Crippen LogP contribution >= 0.6 is 23.1 Å². The van der Waals surface area contributed by atoms with Crippen LogP contribution in [-0.2, 0) is 16.0 Å². The predicted molar refractivity (Wildman–Crippen MR) is 73.8 cm³/mol. The molecule has 1 aromatic heterocycles. The maximum atomic E-state index is 11.8. The zero-order valence-electron chi connectivity index (χ0n) is 10.5. The smallest absolute Gasteiger partial charge is 0.223 e. The summed E-state index contributed by atoms with van der Waals surface area (Å²) in [5.41, 5.74) is 2.89. The molecule has 1 atom stereocenters. The highest BCUT2D eigenvalue weighted by Gasteiger charge is 2.30. The number of nitrogens with zero attached hydrogens (tertiary/aromatic N) is 2. The van der Waals surface area contributed by atoms with E-state index in [1.54, 1.807) is 18.3 Å². The Balaban J connectivity index is 1.85. The monoisotopic (exact) mass is 284 g/mol. The first-order valence-electron chi connectivity index (χ1n) is 5.90. The summed E-state index contributed by atoms with van der Waals surface area (Å²) in [6.45, 7) is 4.97. The third-order valence-corrected chi connectivity index (χ3v) is 4.94. The van der Waals surface area contributed by atoms with E-state index in [4.69, 9.17) is 0 Å². The van der Waals surface area contributed by atoms with Crippen LogP contribution in [0.2, 0.25) is 0 Å². The van der Waals surface area contributed by atoms with Crippen molar-refractivity contribution in [2.24, 2.45) is 0 Å². The van der Waals surface area contributed by atoms with Gasteiger partial charge in [0.1, 0.15) is 0 Å². The van der Waals surface area contributed by atoms with Gasteiger partial charge in [-0.25, -0.2) is 4.98 Å². The van der Waals surface area contributed by atoms with Crippen LogP contribution in [-0.4, -0.2) is 39.2 Å². The van der Waals surface area contributed by atoms with Crippen molar-refractivity contribution in [1.29, 1.82) is 0 Å². The molecule has 1 fully saturated rings. The average Bonchev–Trinajstić information content (AvgIpc) is 2.82. The number of hydrogen-bond donors (Lipinski definition) is 0. The Kier molecular flexibility index (Phi) is 4.40.